The summed E-state index contributed by atoms with van der Waals surface area (Å²) in [7, 11) is 0. The molecule has 3 heterocycles. The standard InChI is InChI=1S/C22H26N4O2/c1-15-3-8-21-24-19(13-25(21)11-15)14-28-20-6-4-18(5-7-20)22(27)26-12-17(10-23)9-16(26)2/h3-8,11,13,16-17H,9-10,12,14,23H2,1-2H3. The molecule has 1 amide bonds. The lowest BCUT2D eigenvalue weighted by atomic mass is 10.1. The number of carbonyl (C=O) groups excluding carboxylic acids is 1. The van der Waals surface area contributed by atoms with E-state index in [1.54, 1.807) is 0 Å². The van der Waals surface area contributed by atoms with E-state index in [4.69, 9.17) is 10.5 Å². The zero-order valence-electron chi connectivity index (χ0n) is 16.3. The van der Waals surface area contributed by atoms with Gasteiger partial charge in [-0.05, 0) is 68.6 Å². The Bertz CT molecular complexity index is 980. The molecular formula is C22H26N4O2. The number of nitrogens with zero attached hydrogens (tertiary/aromatic N) is 3. The van der Waals surface area contributed by atoms with Gasteiger partial charge >= 0.3 is 0 Å². The van der Waals surface area contributed by atoms with Gasteiger partial charge in [-0.1, -0.05) is 6.07 Å². The van der Waals surface area contributed by atoms with Gasteiger partial charge in [0.15, 0.2) is 0 Å². The lowest BCUT2D eigenvalue weighted by Crippen LogP contribution is -2.34. The van der Waals surface area contributed by atoms with Gasteiger partial charge in [0.05, 0.1) is 5.69 Å². The highest BCUT2D eigenvalue weighted by Crippen LogP contribution is 2.25. The number of hydrogen-bond acceptors (Lipinski definition) is 4. The monoisotopic (exact) mass is 378 g/mol. The number of imidazole rings is 1. The smallest absolute Gasteiger partial charge is 0.254 e. The number of aryl methyl sites for hydroxylation is 1. The Balaban J connectivity index is 1.39. The third-order valence-corrected chi connectivity index (χ3v) is 5.39. The van der Waals surface area contributed by atoms with Crippen LogP contribution in [0.25, 0.3) is 5.65 Å². The van der Waals surface area contributed by atoms with E-state index in [1.807, 2.05) is 58.1 Å². The molecule has 2 atom stereocenters. The predicted molar refractivity (Wildman–Crippen MR) is 108 cm³/mol. The topological polar surface area (TPSA) is 72.9 Å². The summed E-state index contributed by atoms with van der Waals surface area (Å²) in [6, 6.07) is 11.6. The maximum atomic E-state index is 12.8. The maximum Gasteiger partial charge on any atom is 0.254 e. The molecule has 0 bridgehead atoms. The number of carbonyl (C=O) groups is 1. The largest absolute Gasteiger partial charge is 0.487 e. The van der Waals surface area contributed by atoms with E-state index in [-0.39, 0.29) is 11.9 Å². The highest BCUT2D eigenvalue weighted by Gasteiger charge is 2.31. The molecule has 0 spiro atoms. The van der Waals surface area contributed by atoms with Crippen LogP contribution in [0.15, 0.2) is 48.8 Å². The van der Waals surface area contributed by atoms with Gasteiger partial charge in [0, 0.05) is 30.5 Å². The molecule has 4 rings (SSSR count). The molecule has 6 nitrogen and oxygen atoms in total. The molecule has 0 aliphatic carbocycles. The fourth-order valence-electron chi connectivity index (χ4n) is 3.84. The van der Waals surface area contributed by atoms with Gasteiger partial charge in [0.2, 0.25) is 0 Å². The minimum Gasteiger partial charge on any atom is -0.487 e. The molecular weight excluding hydrogens is 352 g/mol. The van der Waals surface area contributed by atoms with Crippen molar-refractivity contribution in [2.24, 2.45) is 11.7 Å². The van der Waals surface area contributed by atoms with Crippen molar-refractivity contribution in [3.05, 3.63) is 65.6 Å². The van der Waals surface area contributed by atoms with Crippen molar-refractivity contribution < 1.29 is 9.53 Å². The van der Waals surface area contributed by atoms with Crippen molar-refractivity contribution in [2.45, 2.75) is 32.9 Å². The van der Waals surface area contributed by atoms with Gasteiger partial charge in [-0.25, -0.2) is 4.98 Å². The summed E-state index contributed by atoms with van der Waals surface area (Å²) in [5.74, 6) is 1.18. The number of pyridine rings is 1. The number of amides is 1. The molecule has 2 aromatic heterocycles. The third-order valence-electron chi connectivity index (χ3n) is 5.39. The average Bonchev–Trinajstić information content (AvgIpc) is 3.28. The Labute approximate surface area is 164 Å². The van der Waals surface area contributed by atoms with Crippen LogP contribution >= 0.6 is 0 Å². The van der Waals surface area contributed by atoms with Crippen molar-refractivity contribution >= 4 is 11.6 Å². The molecule has 6 heteroatoms. The SMILES string of the molecule is Cc1ccc2nc(COc3ccc(C(=O)N4CC(CN)CC4C)cc3)cn2c1. The average molecular weight is 378 g/mol. The van der Waals surface area contributed by atoms with Crippen molar-refractivity contribution in [3.63, 3.8) is 0 Å². The first-order valence-electron chi connectivity index (χ1n) is 9.71. The minimum atomic E-state index is 0.0609. The van der Waals surface area contributed by atoms with Crippen molar-refractivity contribution in [3.8, 4) is 5.75 Å². The second kappa shape index (κ2) is 7.64. The first kappa shape index (κ1) is 18.5. The number of rotatable bonds is 5. The highest BCUT2D eigenvalue weighted by atomic mass is 16.5. The van der Waals surface area contributed by atoms with Crippen molar-refractivity contribution in [2.75, 3.05) is 13.1 Å². The quantitative estimate of drug-likeness (QED) is 0.741. The number of fused-ring (bicyclic) bond motifs is 1. The number of benzene rings is 1. The fourth-order valence-corrected chi connectivity index (χ4v) is 3.84. The molecule has 0 radical (unpaired) electrons. The zero-order valence-corrected chi connectivity index (χ0v) is 16.3. The number of hydrogen-bond donors (Lipinski definition) is 1. The van der Waals surface area contributed by atoms with Crippen molar-refractivity contribution in [1.82, 2.24) is 14.3 Å². The number of ether oxygens (including phenoxy) is 1. The van der Waals surface area contributed by atoms with Crippen LogP contribution in [0.4, 0.5) is 0 Å². The number of aromatic nitrogens is 2. The molecule has 1 fully saturated rings. The van der Waals surface area contributed by atoms with Crippen LogP contribution in [0.1, 0.15) is 35.0 Å². The Morgan fingerprint density at radius 1 is 1.21 bits per heavy atom. The van der Waals surface area contributed by atoms with Gasteiger partial charge in [0.25, 0.3) is 5.91 Å². The molecule has 0 saturated carbocycles. The van der Waals surface area contributed by atoms with E-state index in [0.29, 0.717) is 24.6 Å². The molecule has 2 N–H and O–H groups in total. The van der Waals surface area contributed by atoms with E-state index in [2.05, 4.69) is 18.8 Å². The molecule has 1 aliphatic heterocycles. The van der Waals surface area contributed by atoms with Crippen LogP contribution in [0.3, 0.4) is 0 Å². The predicted octanol–water partition coefficient (Wildman–Crippen LogP) is 3.03. The summed E-state index contributed by atoms with van der Waals surface area (Å²) in [4.78, 5) is 19.2. The summed E-state index contributed by atoms with van der Waals surface area (Å²) in [5.41, 5.74) is 9.40. The van der Waals surface area contributed by atoms with Gasteiger partial charge in [0.1, 0.15) is 18.0 Å². The molecule has 3 aromatic rings. The minimum absolute atomic E-state index is 0.0609. The first-order valence-corrected chi connectivity index (χ1v) is 9.71. The lowest BCUT2D eigenvalue weighted by molar-refractivity contribution is 0.0743. The third kappa shape index (κ3) is 3.73. The fraction of sp³-hybridized carbons (Fsp3) is 0.364. The highest BCUT2D eigenvalue weighted by molar-refractivity contribution is 5.94. The van der Waals surface area contributed by atoms with Crippen molar-refractivity contribution in [1.29, 1.82) is 0 Å². The molecule has 28 heavy (non-hydrogen) atoms. The summed E-state index contributed by atoms with van der Waals surface area (Å²) < 4.78 is 7.85. The van der Waals surface area contributed by atoms with Crippen LogP contribution in [-0.4, -0.2) is 39.3 Å². The molecule has 1 aromatic carbocycles. The van der Waals surface area contributed by atoms with E-state index in [0.717, 1.165) is 30.1 Å². The van der Waals surface area contributed by atoms with E-state index < -0.39 is 0 Å². The van der Waals surface area contributed by atoms with E-state index in [9.17, 15) is 4.79 Å². The lowest BCUT2D eigenvalue weighted by Gasteiger charge is -2.21. The van der Waals surface area contributed by atoms with E-state index >= 15 is 0 Å². The second-order valence-electron chi connectivity index (χ2n) is 7.66. The Hall–Kier alpha value is -2.86. The summed E-state index contributed by atoms with van der Waals surface area (Å²) >= 11 is 0. The van der Waals surface area contributed by atoms with Gasteiger partial charge < -0.3 is 19.8 Å². The van der Waals surface area contributed by atoms with E-state index in [1.165, 1.54) is 5.56 Å². The molecule has 146 valence electrons. The Kier molecular flexibility index (Phi) is 5.05. The van der Waals surface area contributed by atoms with Crippen LogP contribution < -0.4 is 10.5 Å². The molecule has 1 saturated heterocycles. The first-order chi connectivity index (χ1) is 13.5. The van der Waals surface area contributed by atoms with Gasteiger partial charge in [-0.2, -0.15) is 0 Å². The number of likely N-dealkylation sites (tertiary alicyclic amines) is 1. The Morgan fingerprint density at radius 3 is 2.71 bits per heavy atom. The zero-order chi connectivity index (χ0) is 19.7. The number of nitrogens with two attached hydrogens (primary N) is 1. The Morgan fingerprint density at radius 2 is 2.00 bits per heavy atom. The normalized spacial score (nSPS) is 19.3. The molecule has 1 aliphatic rings. The summed E-state index contributed by atoms with van der Waals surface area (Å²) in [6.45, 7) is 5.89. The van der Waals surface area contributed by atoms with Gasteiger partial charge in [-0.15, -0.1) is 0 Å². The summed E-state index contributed by atoms with van der Waals surface area (Å²) in [5, 5.41) is 0. The molecule has 2 unspecified atom stereocenters. The van der Waals surface area contributed by atoms with Crippen LogP contribution in [0, 0.1) is 12.8 Å². The maximum absolute atomic E-state index is 12.8. The summed E-state index contributed by atoms with van der Waals surface area (Å²) in [6.07, 6.45) is 4.99. The van der Waals surface area contributed by atoms with Crippen LogP contribution in [0.2, 0.25) is 0 Å². The van der Waals surface area contributed by atoms with Crippen LogP contribution in [0.5, 0.6) is 5.75 Å². The second-order valence-corrected chi connectivity index (χ2v) is 7.66. The van der Waals surface area contributed by atoms with Crippen LogP contribution in [-0.2, 0) is 6.61 Å². The van der Waals surface area contributed by atoms with Gasteiger partial charge in [-0.3, -0.25) is 4.79 Å².